The number of nitrogens with one attached hydrogen (secondary N) is 2. The highest BCUT2D eigenvalue weighted by molar-refractivity contribution is 6.01. The zero-order chi connectivity index (χ0) is 25.8. The van der Waals surface area contributed by atoms with Crippen molar-refractivity contribution in [3.63, 3.8) is 0 Å². The summed E-state index contributed by atoms with van der Waals surface area (Å²) in [5, 5.41) is 6.41. The summed E-state index contributed by atoms with van der Waals surface area (Å²) in [6.45, 7) is 5.45. The molecule has 1 saturated carbocycles. The molecule has 8 nitrogen and oxygen atoms in total. The lowest BCUT2D eigenvalue weighted by atomic mass is 10.1. The monoisotopic (exact) mass is 507 g/mol. The van der Waals surface area contributed by atoms with E-state index in [1.807, 2.05) is 23.1 Å². The van der Waals surface area contributed by atoms with E-state index >= 15 is 0 Å². The zero-order valence-corrected chi connectivity index (χ0v) is 21.0. The minimum absolute atomic E-state index is 0.00671. The molecule has 2 heterocycles. The first-order chi connectivity index (χ1) is 18.0. The van der Waals surface area contributed by atoms with Gasteiger partial charge < -0.3 is 25.3 Å². The highest BCUT2D eigenvalue weighted by Crippen LogP contribution is 2.34. The summed E-state index contributed by atoms with van der Waals surface area (Å²) in [6, 6.07) is 11.2. The van der Waals surface area contributed by atoms with Crippen LogP contribution in [0.25, 0.3) is 0 Å². The fourth-order valence-electron chi connectivity index (χ4n) is 4.99. The number of hydrogen-bond donors (Lipinski definition) is 2. The summed E-state index contributed by atoms with van der Waals surface area (Å²) in [7, 11) is 0. The lowest BCUT2D eigenvalue weighted by Gasteiger charge is -2.27. The van der Waals surface area contributed by atoms with Crippen molar-refractivity contribution in [2.75, 3.05) is 62.6 Å². The van der Waals surface area contributed by atoms with Gasteiger partial charge in [-0.25, -0.2) is 4.39 Å². The molecule has 37 heavy (non-hydrogen) atoms. The second-order valence-corrected chi connectivity index (χ2v) is 10.0. The average molecular weight is 508 g/mol. The largest absolute Gasteiger partial charge is 0.368 e. The summed E-state index contributed by atoms with van der Waals surface area (Å²) in [6.07, 6.45) is 3.45. The van der Waals surface area contributed by atoms with Crippen LogP contribution in [0, 0.1) is 11.7 Å². The van der Waals surface area contributed by atoms with Crippen LogP contribution in [0.3, 0.4) is 0 Å². The Balaban J connectivity index is 1.34. The predicted molar refractivity (Wildman–Crippen MR) is 140 cm³/mol. The maximum absolute atomic E-state index is 13.3. The Morgan fingerprint density at radius 2 is 1.49 bits per heavy atom. The third kappa shape index (κ3) is 6.10. The van der Waals surface area contributed by atoms with Crippen LogP contribution in [0.4, 0.5) is 15.8 Å². The van der Waals surface area contributed by atoms with E-state index < -0.39 is 0 Å². The Morgan fingerprint density at radius 3 is 2.27 bits per heavy atom. The minimum Gasteiger partial charge on any atom is -0.368 e. The van der Waals surface area contributed by atoms with Gasteiger partial charge in [-0.05, 0) is 74.7 Å². The normalized spacial score (nSPS) is 18.7. The number of nitrogens with zero attached hydrogens (tertiary/aromatic N) is 3. The fraction of sp³-hybridized carbons (Fsp3) is 0.464. The predicted octanol–water partition coefficient (Wildman–Crippen LogP) is 2.96. The molecule has 2 saturated heterocycles. The van der Waals surface area contributed by atoms with Gasteiger partial charge in [0.1, 0.15) is 5.82 Å². The molecule has 0 aromatic heterocycles. The minimum atomic E-state index is -0.367. The maximum Gasteiger partial charge on any atom is 0.253 e. The molecule has 3 aliphatic rings. The molecular formula is C28H34FN5O3. The third-order valence-electron chi connectivity index (χ3n) is 7.29. The first kappa shape index (κ1) is 25.2. The van der Waals surface area contributed by atoms with Crippen LogP contribution in [0.2, 0.25) is 0 Å². The molecule has 196 valence electrons. The number of anilines is 2. The second-order valence-electron chi connectivity index (χ2n) is 10.0. The summed E-state index contributed by atoms with van der Waals surface area (Å²) in [5.74, 6) is -0.473. The topological polar surface area (TPSA) is 85.0 Å². The Labute approximate surface area is 216 Å². The molecule has 9 heteroatoms. The van der Waals surface area contributed by atoms with Crippen LogP contribution in [-0.2, 0) is 4.79 Å². The van der Waals surface area contributed by atoms with Gasteiger partial charge in [0.15, 0.2) is 0 Å². The van der Waals surface area contributed by atoms with Crippen molar-refractivity contribution in [3.8, 4) is 0 Å². The van der Waals surface area contributed by atoms with Crippen molar-refractivity contribution in [2.24, 2.45) is 5.92 Å². The molecule has 5 rings (SSSR count). The molecule has 0 bridgehead atoms. The van der Waals surface area contributed by atoms with Crippen molar-refractivity contribution in [3.05, 3.63) is 59.4 Å². The van der Waals surface area contributed by atoms with Gasteiger partial charge in [-0.15, -0.1) is 0 Å². The van der Waals surface area contributed by atoms with Crippen LogP contribution >= 0.6 is 0 Å². The number of amides is 3. The van der Waals surface area contributed by atoms with E-state index in [-0.39, 0.29) is 29.5 Å². The molecule has 0 atom stereocenters. The summed E-state index contributed by atoms with van der Waals surface area (Å²) >= 11 is 0. The summed E-state index contributed by atoms with van der Waals surface area (Å²) < 4.78 is 13.3. The third-order valence-corrected chi connectivity index (χ3v) is 7.29. The van der Waals surface area contributed by atoms with E-state index in [0.29, 0.717) is 56.1 Å². The van der Waals surface area contributed by atoms with Gasteiger partial charge in [-0.3, -0.25) is 14.4 Å². The number of carbonyl (C=O) groups excluding carboxylic acids is 3. The number of halogens is 1. The van der Waals surface area contributed by atoms with E-state index in [1.165, 1.54) is 24.3 Å². The molecule has 1 aliphatic carbocycles. The van der Waals surface area contributed by atoms with E-state index in [2.05, 4.69) is 15.5 Å². The van der Waals surface area contributed by atoms with Crippen LogP contribution in [0.15, 0.2) is 42.5 Å². The Bertz CT molecular complexity index is 1140. The zero-order valence-electron chi connectivity index (χ0n) is 21.0. The summed E-state index contributed by atoms with van der Waals surface area (Å²) in [4.78, 5) is 44.8. The van der Waals surface area contributed by atoms with Crippen molar-refractivity contribution in [2.45, 2.75) is 25.7 Å². The van der Waals surface area contributed by atoms with Crippen molar-refractivity contribution in [1.82, 2.24) is 15.1 Å². The summed E-state index contributed by atoms with van der Waals surface area (Å²) in [5.41, 5.74) is 2.55. The number of hydrogen-bond acceptors (Lipinski definition) is 5. The molecule has 2 aromatic rings. The van der Waals surface area contributed by atoms with Gasteiger partial charge in [0.05, 0.1) is 11.4 Å². The average Bonchev–Trinajstić information content (AvgIpc) is 3.77. The highest BCUT2D eigenvalue weighted by atomic mass is 19.1. The Kier molecular flexibility index (Phi) is 7.69. The standard InChI is InChI=1S/C28H34FN5O3/c29-23-8-5-21(6-9-23)27(36)34-15-2-14-32(17-18-34)25-10-7-22(19-24(25)31-26(35)20-3-4-20)28(37)33-13-1-11-30-12-16-33/h5-10,19-20,30H,1-4,11-18H2,(H,31,35). The van der Waals surface area contributed by atoms with E-state index in [4.69, 9.17) is 0 Å². The van der Waals surface area contributed by atoms with E-state index in [1.54, 1.807) is 4.90 Å². The smallest absolute Gasteiger partial charge is 0.253 e. The Hall–Kier alpha value is -3.46. The quantitative estimate of drug-likeness (QED) is 0.650. The van der Waals surface area contributed by atoms with Crippen LogP contribution in [0.5, 0.6) is 0 Å². The van der Waals surface area contributed by atoms with Crippen LogP contribution in [-0.4, -0.2) is 79.9 Å². The number of carbonyl (C=O) groups is 3. The fourth-order valence-corrected chi connectivity index (χ4v) is 4.99. The number of benzene rings is 2. The molecule has 2 aliphatic heterocycles. The second kappa shape index (κ2) is 11.3. The van der Waals surface area contributed by atoms with Crippen molar-refractivity contribution < 1.29 is 18.8 Å². The van der Waals surface area contributed by atoms with Gasteiger partial charge in [0.25, 0.3) is 11.8 Å². The lowest BCUT2D eigenvalue weighted by molar-refractivity contribution is -0.117. The van der Waals surface area contributed by atoms with Crippen molar-refractivity contribution >= 4 is 29.1 Å². The van der Waals surface area contributed by atoms with Gasteiger partial charge in [0.2, 0.25) is 5.91 Å². The number of rotatable bonds is 5. The molecule has 3 fully saturated rings. The molecule has 2 N–H and O–H groups in total. The molecule has 3 amide bonds. The van der Waals surface area contributed by atoms with E-state index in [9.17, 15) is 18.8 Å². The van der Waals surface area contributed by atoms with Gasteiger partial charge in [-0.1, -0.05) is 0 Å². The molecule has 0 spiro atoms. The Morgan fingerprint density at radius 1 is 0.784 bits per heavy atom. The van der Waals surface area contributed by atoms with Crippen molar-refractivity contribution in [1.29, 1.82) is 0 Å². The highest BCUT2D eigenvalue weighted by Gasteiger charge is 2.31. The van der Waals surface area contributed by atoms with E-state index in [0.717, 1.165) is 44.5 Å². The SMILES string of the molecule is O=C(Nc1cc(C(=O)N2CCCNCC2)ccc1N1CCCN(C(=O)c2ccc(F)cc2)CC1)C1CC1. The first-order valence-corrected chi connectivity index (χ1v) is 13.2. The van der Waals surface area contributed by atoms with Crippen LogP contribution in [0.1, 0.15) is 46.4 Å². The van der Waals surface area contributed by atoms with Gasteiger partial charge >= 0.3 is 0 Å². The molecule has 2 aromatic carbocycles. The maximum atomic E-state index is 13.3. The molecular weight excluding hydrogens is 473 g/mol. The molecule has 0 unspecified atom stereocenters. The first-order valence-electron chi connectivity index (χ1n) is 13.2. The van der Waals surface area contributed by atoms with Gasteiger partial charge in [0, 0.05) is 62.9 Å². The molecule has 0 radical (unpaired) electrons. The van der Waals surface area contributed by atoms with Crippen LogP contribution < -0.4 is 15.5 Å². The lowest BCUT2D eigenvalue weighted by Crippen LogP contribution is -2.35. The van der Waals surface area contributed by atoms with Gasteiger partial charge in [-0.2, -0.15) is 0 Å².